The largest absolute Gasteiger partial charge is 0.392 e. The van der Waals surface area contributed by atoms with Gasteiger partial charge >= 0.3 is 0 Å². The Labute approximate surface area is 42.2 Å². The van der Waals surface area contributed by atoms with Gasteiger partial charge in [-0.2, -0.15) is 0 Å². The molecule has 0 aromatic heterocycles. The molecule has 0 spiro atoms. The van der Waals surface area contributed by atoms with Crippen molar-refractivity contribution in [3.63, 3.8) is 0 Å². The van der Waals surface area contributed by atoms with Crippen molar-refractivity contribution in [1.82, 2.24) is 0 Å². The van der Waals surface area contributed by atoms with Gasteiger partial charge in [-0.25, -0.2) is 0 Å². The van der Waals surface area contributed by atoms with Crippen molar-refractivity contribution in [3.05, 3.63) is 11.1 Å². The molecule has 0 atom stereocenters. The second-order valence-electron chi connectivity index (χ2n) is 0.973. The zero-order chi connectivity index (χ0) is 4.99. The van der Waals surface area contributed by atoms with Crippen LogP contribution in [-0.2, 0) is 0 Å². The lowest BCUT2D eigenvalue weighted by molar-refractivity contribution is 0.342. The molecule has 0 heterocycles. The van der Waals surface area contributed by atoms with Crippen molar-refractivity contribution in [3.8, 4) is 0 Å². The Morgan fingerprint density at radius 2 is 2.50 bits per heavy atom. The first-order valence-corrected chi connectivity index (χ1v) is 2.08. The minimum absolute atomic E-state index is 0.0370. The fourth-order valence-corrected chi connectivity index (χ4v) is 0.195. The fraction of sp³-hybridized carbons (Fsp3) is 0.500. The fourth-order valence-electron chi connectivity index (χ4n) is 0.126. The van der Waals surface area contributed by atoms with Gasteiger partial charge in [-0.15, -0.1) is 0 Å². The maximum Gasteiger partial charge on any atom is 0.0626 e. The first-order valence-electron chi connectivity index (χ1n) is 1.70. The number of hydrogen-bond acceptors (Lipinski definition) is 1. The monoisotopic (exact) mass is 106 g/mol. The van der Waals surface area contributed by atoms with E-state index >= 15 is 0 Å². The summed E-state index contributed by atoms with van der Waals surface area (Å²) in [7, 11) is 0. The summed E-state index contributed by atoms with van der Waals surface area (Å²) in [6, 6.07) is 0. The van der Waals surface area contributed by atoms with Gasteiger partial charge in [0.1, 0.15) is 0 Å². The van der Waals surface area contributed by atoms with Gasteiger partial charge in [-0.05, 0) is 13.0 Å². The molecule has 0 bridgehead atoms. The number of aliphatic hydroxyl groups excluding tert-OH is 1. The van der Waals surface area contributed by atoms with Crippen LogP contribution in [0.2, 0.25) is 0 Å². The Balaban J connectivity index is 3.14. The molecule has 6 heavy (non-hydrogen) atoms. The van der Waals surface area contributed by atoms with Gasteiger partial charge in [0, 0.05) is 5.03 Å². The minimum atomic E-state index is 0.0370. The van der Waals surface area contributed by atoms with E-state index in [1.54, 1.807) is 6.92 Å². The predicted molar refractivity (Wildman–Crippen MR) is 26.7 cm³/mol. The van der Waals surface area contributed by atoms with Gasteiger partial charge in [-0.1, -0.05) is 11.6 Å². The van der Waals surface area contributed by atoms with Crippen LogP contribution in [0.4, 0.5) is 0 Å². The van der Waals surface area contributed by atoms with E-state index in [1.165, 1.54) is 6.08 Å². The van der Waals surface area contributed by atoms with E-state index in [0.29, 0.717) is 5.03 Å². The number of allylic oxidation sites excluding steroid dienone is 1. The second kappa shape index (κ2) is 3.19. The molecule has 1 N–H and O–H groups in total. The lowest BCUT2D eigenvalue weighted by Crippen LogP contribution is -1.69. The Kier molecular flexibility index (Phi) is 3.19. The molecular weight excluding hydrogens is 99.5 g/mol. The summed E-state index contributed by atoms with van der Waals surface area (Å²) in [4.78, 5) is 0. The normalized spacial score (nSPS) is 12.2. The summed E-state index contributed by atoms with van der Waals surface area (Å²) in [5.41, 5.74) is 0. The highest BCUT2D eigenvalue weighted by Crippen LogP contribution is 1.94. The second-order valence-corrected chi connectivity index (χ2v) is 1.57. The van der Waals surface area contributed by atoms with Crippen molar-refractivity contribution in [2.24, 2.45) is 0 Å². The topological polar surface area (TPSA) is 20.2 Å². The van der Waals surface area contributed by atoms with Gasteiger partial charge in [0.25, 0.3) is 0 Å². The molecule has 0 fully saturated rings. The highest BCUT2D eigenvalue weighted by atomic mass is 35.5. The molecule has 0 aromatic rings. The highest BCUT2D eigenvalue weighted by Gasteiger charge is 1.71. The van der Waals surface area contributed by atoms with Crippen LogP contribution in [0.25, 0.3) is 0 Å². The van der Waals surface area contributed by atoms with Crippen molar-refractivity contribution < 1.29 is 5.11 Å². The molecule has 0 radical (unpaired) electrons. The third-order valence-corrected chi connectivity index (χ3v) is 0.527. The summed E-state index contributed by atoms with van der Waals surface area (Å²) in [5, 5.41) is 8.71. The van der Waals surface area contributed by atoms with Gasteiger partial charge in [0.2, 0.25) is 0 Å². The highest BCUT2D eigenvalue weighted by molar-refractivity contribution is 6.29. The Morgan fingerprint density at radius 1 is 2.00 bits per heavy atom. The number of aliphatic hydroxyl groups is 1. The first kappa shape index (κ1) is 5.99. The van der Waals surface area contributed by atoms with Crippen LogP contribution in [0.1, 0.15) is 6.92 Å². The third-order valence-electron chi connectivity index (χ3n) is 0.373. The molecule has 1 nitrogen and oxygen atoms in total. The number of hydrogen-bond donors (Lipinski definition) is 1. The van der Waals surface area contributed by atoms with Crippen molar-refractivity contribution >= 4 is 11.6 Å². The summed E-state index contributed by atoms with van der Waals surface area (Å²) in [6.45, 7) is 1.76. The standard InChI is InChI=1S/C4H7ClO/c1-4(5)2-3-6/h2,6H,3H2,1H3. The molecule has 0 amide bonds. The van der Waals surface area contributed by atoms with Crippen molar-refractivity contribution in [2.75, 3.05) is 6.61 Å². The van der Waals surface area contributed by atoms with E-state index in [2.05, 4.69) is 0 Å². The average Bonchev–Trinajstić information content (AvgIpc) is 1.35. The van der Waals surface area contributed by atoms with Crippen molar-refractivity contribution in [1.29, 1.82) is 0 Å². The summed E-state index contributed by atoms with van der Waals surface area (Å²) in [6.07, 6.45) is 1.53. The van der Waals surface area contributed by atoms with E-state index in [9.17, 15) is 0 Å². The zero-order valence-corrected chi connectivity index (χ0v) is 4.37. The lowest BCUT2D eigenvalue weighted by atomic mass is 10.6. The van der Waals surface area contributed by atoms with E-state index < -0.39 is 0 Å². The van der Waals surface area contributed by atoms with Crippen LogP contribution in [0.5, 0.6) is 0 Å². The lowest BCUT2D eigenvalue weighted by Gasteiger charge is -1.77. The predicted octanol–water partition coefficient (Wildman–Crippen LogP) is 1.12. The van der Waals surface area contributed by atoms with Crippen LogP contribution in [0, 0.1) is 0 Å². The minimum Gasteiger partial charge on any atom is -0.392 e. The zero-order valence-electron chi connectivity index (χ0n) is 3.61. The molecular formula is C4H7ClO. The third kappa shape index (κ3) is 3.99. The first-order chi connectivity index (χ1) is 2.77. The van der Waals surface area contributed by atoms with Crippen molar-refractivity contribution in [2.45, 2.75) is 6.92 Å². The SMILES string of the molecule is CC(Cl)=CCO. The molecule has 0 aliphatic carbocycles. The van der Waals surface area contributed by atoms with E-state index in [-0.39, 0.29) is 6.61 Å². The van der Waals surface area contributed by atoms with Gasteiger partial charge in [0.15, 0.2) is 0 Å². The number of rotatable bonds is 1. The molecule has 0 aliphatic rings. The van der Waals surface area contributed by atoms with Gasteiger partial charge in [-0.3, -0.25) is 0 Å². The molecule has 0 unspecified atom stereocenters. The molecule has 0 saturated heterocycles. The summed E-state index contributed by atoms with van der Waals surface area (Å²) < 4.78 is 0. The molecule has 2 heteroatoms. The molecule has 0 aromatic carbocycles. The maximum atomic E-state index is 8.08. The van der Waals surface area contributed by atoms with Gasteiger partial charge < -0.3 is 5.11 Å². The maximum absolute atomic E-state index is 8.08. The number of halogens is 1. The summed E-state index contributed by atoms with van der Waals surface area (Å²) >= 11 is 5.28. The van der Waals surface area contributed by atoms with Crippen LogP contribution in [-0.4, -0.2) is 11.7 Å². The van der Waals surface area contributed by atoms with E-state index in [4.69, 9.17) is 16.7 Å². The smallest absolute Gasteiger partial charge is 0.0626 e. The Bertz CT molecular complexity index is 54.6. The van der Waals surface area contributed by atoms with Crippen LogP contribution >= 0.6 is 11.6 Å². The molecule has 0 rings (SSSR count). The average molecular weight is 107 g/mol. The summed E-state index contributed by atoms with van der Waals surface area (Å²) in [5.74, 6) is 0. The Morgan fingerprint density at radius 3 is 2.50 bits per heavy atom. The molecule has 0 saturated carbocycles. The Hall–Kier alpha value is -0.0100. The van der Waals surface area contributed by atoms with Crippen LogP contribution in [0.15, 0.2) is 11.1 Å². The molecule has 36 valence electrons. The van der Waals surface area contributed by atoms with E-state index in [0.717, 1.165) is 0 Å². The molecule has 0 aliphatic heterocycles. The van der Waals surface area contributed by atoms with Crippen LogP contribution < -0.4 is 0 Å². The van der Waals surface area contributed by atoms with E-state index in [1.807, 2.05) is 0 Å². The van der Waals surface area contributed by atoms with Crippen LogP contribution in [0.3, 0.4) is 0 Å². The van der Waals surface area contributed by atoms with Gasteiger partial charge in [0.05, 0.1) is 6.61 Å². The quantitative estimate of drug-likeness (QED) is 0.531.